The van der Waals surface area contributed by atoms with Gasteiger partial charge in [0.15, 0.2) is 0 Å². The van der Waals surface area contributed by atoms with Crippen LogP contribution in [-0.2, 0) is 23.6 Å². The van der Waals surface area contributed by atoms with Crippen LogP contribution in [-0.4, -0.2) is 65.1 Å². The lowest BCUT2D eigenvalue weighted by atomic mass is 10.2. The molecular formula is C12H21N5O3S. The van der Waals surface area contributed by atoms with Gasteiger partial charge in [-0.1, -0.05) is 0 Å². The van der Waals surface area contributed by atoms with Crippen molar-refractivity contribution in [2.45, 2.75) is 19.5 Å². The summed E-state index contributed by atoms with van der Waals surface area (Å²) in [5.74, 6) is 0. The Kier molecular flexibility index (Phi) is 4.52. The zero-order valence-corrected chi connectivity index (χ0v) is 13.3. The average molecular weight is 315 g/mol. The molecule has 1 atom stereocenters. The molecule has 2 rings (SSSR count). The topological polar surface area (TPSA) is 87.5 Å². The second kappa shape index (κ2) is 6.02. The van der Waals surface area contributed by atoms with E-state index in [2.05, 4.69) is 10.3 Å². The quantitative estimate of drug-likeness (QED) is 0.822. The van der Waals surface area contributed by atoms with E-state index in [4.69, 9.17) is 0 Å². The molecule has 2 heterocycles. The number of aryl methyl sites for hydroxylation is 1. The van der Waals surface area contributed by atoms with Crippen molar-refractivity contribution >= 4 is 16.1 Å². The second-order valence-corrected chi connectivity index (χ2v) is 7.26. The summed E-state index contributed by atoms with van der Waals surface area (Å²) in [7, 11) is -1.35. The van der Waals surface area contributed by atoms with Crippen molar-refractivity contribution in [3.8, 4) is 0 Å². The number of amides is 2. The fraction of sp³-hybridized carbons (Fsp3) is 0.667. The molecule has 1 aliphatic heterocycles. The number of rotatable bonds is 3. The van der Waals surface area contributed by atoms with Gasteiger partial charge in [-0.3, -0.25) is 0 Å². The van der Waals surface area contributed by atoms with Crippen molar-refractivity contribution in [1.82, 2.24) is 24.1 Å². The number of sulfonamides is 1. The summed E-state index contributed by atoms with van der Waals surface area (Å²) in [6, 6.07) is -0.396. The van der Waals surface area contributed by atoms with Crippen LogP contribution in [0.15, 0.2) is 12.5 Å². The van der Waals surface area contributed by atoms with Crippen LogP contribution in [0.25, 0.3) is 0 Å². The van der Waals surface area contributed by atoms with Crippen molar-refractivity contribution in [2.75, 3.05) is 25.9 Å². The highest BCUT2D eigenvalue weighted by molar-refractivity contribution is 7.88. The number of urea groups is 1. The first kappa shape index (κ1) is 15.8. The normalized spacial score (nSPS) is 20.5. The van der Waals surface area contributed by atoms with E-state index < -0.39 is 10.0 Å². The average Bonchev–Trinajstić information content (AvgIpc) is 2.80. The lowest BCUT2D eigenvalue weighted by molar-refractivity contribution is 0.147. The van der Waals surface area contributed by atoms with Gasteiger partial charge in [0.05, 0.1) is 24.8 Å². The number of hydrogen-bond acceptors (Lipinski definition) is 4. The summed E-state index contributed by atoms with van der Waals surface area (Å²) >= 11 is 0. The maximum atomic E-state index is 12.1. The number of nitrogens with zero attached hydrogens (tertiary/aromatic N) is 4. The molecule has 1 aromatic rings. The monoisotopic (exact) mass is 315 g/mol. The maximum absolute atomic E-state index is 12.1. The largest absolute Gasteiger partial charge is 0.336 e. The molecule has 8 nitrogen and oxygen atoms in total. The van der Waals surface area contributed by atoms with Gasteiger partial charge >= 0.3 is 6.03 Å². The third-order valence-electron chi connectivity index (χ3n) is 3.62. The van der Waals surface area contributed by atoms with E-state index in [-0.39, 0.29) is 12.1 Å². The number of aromatic nitrogens is 2. The van der Waals surface area contributed by atoms with Crippen LogP contribution >= 0.6 is 0 Å². The van der Waals surface area contributed by atoms with Crippen LogP contribution in [0.4, 0.5) is 4.79 Å². The Balaban J connectivity index is 1.89. The Morgan fingerprint density at radius 3 is 2.71 bits per heavy atom. The van der Waals surface area contributed by atoms with Gasteiger partial charge in [-0.2, -0.15) is 4.31 Å². The van der Waals surface area contributed by atoms with Crippen molar-refractivity contribution in [2.24, 2.45) is 7.05 Å². The molecule has 1 fully saturated rings. The first-order valence-electron chi connectivity index (χ1n) is 6.74. The third-order valence-corrected chi connectivity index (χ3v) is 5.01. The summed E-state index contributed by atoms with van der Waals surface area (Å²) in [5, 5.41) is 2.83. The van der Waals surface area contributed by atoms with Gasteiger partial charge in [0, 0.05) is 38.9 Å². The summed E-state index contributed by atoms with van der Waals surface area (Å²) in [6.45, 7) is 3.33. The molecule has 2 amide bonds. The number of carbonyl (C=O) groups excluding carboxylic acids is 1. The molecule has 0 unspecified atom stereocenters. The van der Waals surface area contributed by atoms with Crippen molar-refractivity contribution in [1.29, 1.82) is 0 Å². The van der Waals surface area contributed by atoms with Crippen LogP contribution in [0.5, 0.6) is 0 Å². The van der Waals surface area contributed by atoms with E-state index >= 15 is 0 Å². The van der Waals surface area contributed by atoms with Crippen LogP contribution in [0.1, 0.15) is 12.6 Å². The van der Waals surface area contributed by atoms with Crippen LogP contribution in [0.3, 0.4) is 0 Å². The zero-order valence-electron chi connectivity index (χ0n) is 12.5. The summed E-state index contributed by atoms with van der Waals surface area (Å²) in [5.41, 5.74) is 0.908. The lowest BCUT2D eigenvalue weighted by Crippen LogP contribution is -2.56. The smallest absolute Gasteiger partial charge is 0.317 e. The molecule has 1 N–H and O–H groups in total. The number of nitrogens with one attached hydrogen (secondary N) is 1. The van der Waals surface area contributed by atoms with Gasteiger partial charge in [-0.25, -0.2) is 18.2 Å². The van der Waals surface area contributed by atoms with E-state index in [0.29, 0.717) is 26.2 Å². The lowest BCUT2D eigenvalue weighted by Gasteiger charge is -2.38. The molecule has 1 aliphatic rings. The Morgan fingerprint density at radius 2 is 2.19 bits per heavy atom. The number of imidazole rings is 1. The Morgan fingerprint density at radius 1 is 1.48 bits per heavy atom. The van der Waals surface area contributed by atoms with Gasteiger partial charge < -0.3 is 14.8 Å². The fourth-order valence-electron chi connectivity index (χ4n) is 2.45. The highest BCUT2D eigenvalue weighted by atomic mass is 32.2. The molecular weight excluding hydrogens is 294 g/mol. The van der Waals surface area contributed by atoms with E-state index in [9.17, 15) is 13.2 Å². The van der Waals surface area contributed by atoms with Gasteiger partial charge in [0.2, 0.25) is 10.0 Å². The first-order chi connectivity index (χ1) is 9.79. The van der Waals surface area contributed by atoms with Crippen LogP contribution in [0, 0.1) is 0 Å². The molecule has 0 aliphatic carbocycles. The minimum absolute atomic E-state index is 0.184. The van der Waals surface area contributed by atoms with Gasteiger partial charge in [0.1, 0.15) is 0 Å². The molecule has 0 radical (unpaired) electrons. The van der Waals surface area contributed by atoms with Crippen molar-refractivity contribution in [3.05, 3.63) is 18.2 Å². The van der Waals surface area contributed by atoms with Crippen LogP contribution in [0.2, 0.25) is 0 Å². The highest BCUT2D eigenvalue weighted by Gasteiger charge is 2.31. The summed E-state index contributed by atoms with van der Waals surface area (Å²) in [6.07, 6.45) is 4.57. The Hall–Kier alpha value is -1.61. The molecule has 0 saturated carbocycles. The van der Waals surface area contributed by atoms with E-state index in [1.807, 2.05) is 18.5 Å². The molecule has 0 spiro atoms. The van der Waals surface area contributed by atoms with Gasteiger partial charge in [0.25, 0.3) is 0 Å². The molecule has 0 aromatic carbocycles. The van der Waals surface area contributed by atoms with Crippen molar-refractivity contribution in [3.63, 3.8) is 0 Å². The fourth-order valence-corrected chi connectivity index (χ4v) is 3.58. The first-order valence-corrected chi connectivity index (χ1v) is 8.58. The highest BCUT2D eigenvalue weighted by Crippen LogP contribution is 2.13. The van der Waals surface area contributed by atoms with Crippen molar-refractivity contribution < 1.29 is 13.2 Å². The Bertz CT molecular complexity index is 612. The molecule has 0 bridgehead atoms. The van der Waals surface area contributed by atoms with E-state index in [0.717, 1.165) is 5.69 Å². The molecule has 21 heavy (non-hydrogen) atoms. The molecule has 1 aromatic heterocycles. The summed E-state index contributed by atoms with van der Waals surface area (Å²) < 4.78 is 26.4. The predicted octanol–water partition coefficient (Wildman–Crippen LogP) is -0.405. The molecule has 9 heteroatoms. The number of carbonyl (C=O) groups is 1. The predicted molar refractivity (Wildman–Crippen MR) is 78.0 cm³/mol. The summed E-state index contributed by atoms with van der Waals surface area (Å²) in [4.78, 5) is 17.8. The number of piperazine rings is 1. The van der Waals surface area contributed by atoms with E-state index in [1.165, 1.54) is 10.6 Å². The van der Waals surface area contributed by atoms with E-state index in [1.54, 1.807) is 17.4 Å². The Labute approximate surface area is 124 Å². The molecule has 1 saturated heterocycles. The van der Waals surface area contributed by atoms with Gasteiger partial charge in [-0.05, 0) is 6.92 Å². The minimum Gasteiger partial charge on any atom is -0.336 e. The third kappa shape index (κ3) is 3.73. The van der Waals surface area contributed by atoms with Gasteiger partial charge in [-0.15, -0.1) is 0 Å². The molecule has 118 valence electrons. The SMILES string of the molecule is C[C@H]1CN(C(=O)NCc2cncn2C)CCN1S(C)(=O)=O. The maximum Gasteiger partial charge on any atom is 0.317 e. The minimum atomic E-state index is -3.21. The second-order valence-electron chi connectivity index (χ2n) is 5.32. The number of hydrogen-bond donors (Lipinski definition) is 1. The zero-order chi connectivity index (χ0) is 15.6. The van der Waals surface area contributed by atoms with Crippen LogP contribution < -0.4 is 5.32 Å². The standard InChI is InChI=1S/C12H21N5O3S/c1-10-8-16(4-5-17(10)21(3,19)20)12(18)14-7-11-6-13-9-15(11)2/h6,9-10H,4-5,7-8H2,1-3H3,(H,14,18)/t10-/m0/s1.